The molecule has 0 spiro atoms. The first-order chi connectivity index (χ1) is 7.77. The zero-order valence-corrected chi connectivity index (χ0v) is 14.4. The van der Waals surface area contributed by atoms with Crippen molar-refractivity contribution in [2.45, 2.75) is 65.5 Å². The predicted molar refractivity (Wildman–Crippen MR) is 81.8 cm³/mol. The minimum Gasteiger partial charge on any atom is -0.317 e. The molecule has 0 saturated heterocycles. The van der Waals surface area contributed by atoms with Crippen LogP contribution >= 0.6 is 0 Å². The number of nitrogens with zero attached hydrogens (tertiary/aromatic N) is 2. The molecule has 0 aliphatic carbocycles. The highest BCUT2D eigenvalue weighted by Crippen LogP contribution is 2.43. The Morgan fingerprint density at radius 2 is 1.41 bits per heavy atom. The van der Waals surface area contributed by atoms with Crippen molar-refractivity contribution in [3.63, 3.8) is 0 Å². The Morgan fingerprint density at radius 3 is 1.65 bits per heavy atom. The molecule has 0 aliphatic heterocycles. The minimum atomic E-state index is -1.56. The zero-order valence-electron chi connectivity index (χ0n) is 13.4. The highest BCUT2D eigenvalue weighted by molar-refractivity contribution is 6.77. The molecule has 0 heterocycles. The van der Waals surface area contributed by atoms with E-state index in [0.717, 1.165) is 0 Å². The van der Waals surface area contributed by atoms with Gasteiger partial charge in [-0.3, -0.25) is 0 Å². The second-order valence-corrected chi connectivity index (χ2v) is 11.4. The van der Waals surface area contributed by atoms with E-state index in [1.807, 2.05) is 0 Å². The Hall–Kier alpha value is 0.137. The summed E-state index contributed by atoms with van der Waals surface area (Å²) in [6.45, 7) is 16.6. The van der Waals surface area contributed by atoms with Gasteiger partial charge in [-0.1, -0.05) is 54.4 Å². The van der Waals surface area contributed by atoms with Crippen LogP contribution in [0.1, 0.15) is 54.4 Å². The Balaban J connectivity index is 5.39. The molecule has 3 heteroatoms. The molecule has 17 heavy (non-hydrogen) atoms. The van der Waals surface area contributed by atoms with Crippen molar-refractivity contribution < 1.29 is 0 Å². The summed E-state index contributed by atoms with van der Waals surface area (Å²) in [6, 6.07) is 1.39. The molecule has 0 fully saturated rings. The van der Waals surface area contributed by atoms with Gasteiger partial charge in [-0.2, -0.15) is 0 Å². The molecule has 0 N–H and O–H groups in total. The molecule has 2 nitrogen and oxygen atoms in total. The molecule has 1 unspecified atom stereocenters. The summed E-state index contributed by atoms with van der Waals surface area (Å²) >= 11 is 0. The third kappa shape index (κ3) is 3.55. The molecule has 0 radical (unpaired) electrons. The Kier molecular flexibility index (Phi) is 6.96. The van der Waals surface area contributed by atoms with Gasteiger partial charge in [0.15, 0.2) is 0 Å². The molecule has 0 bridgehead atoms. The van der Waals surface area contributed by atoms with Gasteiger partial charge in [0.1, 0.15) is 0 Å². The first-order valence-electron chi connectivity index (χ1n) is 7.20. The van der Waals surface area contributed by atoms with Crippen molar-refractivity contribution in [1.29, 1.82) is 0 Å². The van der Waals surface area contributed by atoms with Crippen molar-refractivity contribution in [2.75, 3.05) is 27.2 Å². The van der Waals surface area contributed by atoms with Crippen molar-refractivity contribution in [2.24, 2.45) is 0 Å². The van der Waals surface area contributed by atoms with Crippen LogP contribution < -0.4 is 0 Å². The highest BCUT2D eigenvalue weighted by atomic mass is 28.4. The highest BCUT2D eigenvalue weighted by Gasteiger charge is 2.50. The van der Waals surface area contributed by atoms with Crippen LogP contribution in [0.25, 0.3) is 0 Å². The Bertz CT molecular complexity index is 207. The lowest BCUT2D eigenvalue weighted by Gasteiger charge is -2.53. The van der Waals surface area contributed by atoms with Crippen molar-refractivity contribution in [3.8, 4) is 0 Å². The van der Waals surface area contributed by atoms with E-state index in [2.05, 4.69) is 64.8 Å². The van der Waals surface area contributed by atoms with Crippen LogP contribution in [0, 0.1) is 0 Å². The van der Waals surface area contributed by atoms with Gasteiger partial charge in [-0.05, 0) is 38.3 Å². The van der Waals surface area contributed by atoms with Crippen LogP contribution in [-0.2, 0) is 0 Å². The number of rotatable bonds is 7. The summed E-state index contributed by atoms with van der Waals surface area (Å²) in [4.78, 5) is 0. The van der Waals surface area contributed by atoms with Crippen LogP contribution in [-0.4, -0.2) is 44.7 Å². The fourth-order valence-corrected chi connectivity index (χ4v) is 9.62. The molecule has 0 aromatic carbocycles. The third-order valence-corrected chi connectivity index (χ3v) is 10.7. The molecule has 0 rings (SSSR count). The van der Waals surface area contributed by atoms with E-state index in [1.165, 1.54) is 32.0 Å². The fourth-order valence-electron chi connectivity index (χ4n) is 3.35. The van der Waals surface area contributed by atoms with Crippen LogP contribution in [0.15, 0.2) is 0 Å². The topological polar surface area (TPSA) is 6.48 Å². The lowest BCUT2D eigenvalue weighted by molar-refractivity contribution is 0.355. The molecule has 1 atom stereocenters. The average molecular weight is 259 g/mol. The zero-order chi connectivity index (χ0) is 13.7. The first-order valence-corrected chi connectivity index (χ1v) is 9.30. The van der Waals surface area contributed by atoms with E-state index in [1.54, 1.807) is 0 Å². The standard InChI is InChI=1S/C14H34N2Si/c1-9-12-13-17(15(7)8,14(4,5)6)16(10-2)11-3/h9-13H2,1-8H3. The largest absolute Gasteiger partial charge is 0.317 e. The van der Waals surface area contributed by atoms with Gasteiger partial charge in [0, 0.05) is 0 Å². The van der Waals surface area contributed by atoms with E-state index < -0.39 is 8.40 Å². The second kappa shape index (κ2) is 6.91. The Labute approximate surface area is 111 Å². The smallest absolute Gasteiger partial charge is 0.211 e. The summed E-state index contributed by atoms with van der Waals surface area (Å²) < 4.78 is 5.35. The van der Waals surface area contributed by atoms with E-state index >= 15 is 0 Å². The fraction of sp³-hybridized carbons (Fsp3) is 1.00. The van der Waals surface area contributed by atoms with Crippen LogP contribution in [0.4, 0.5) is 0 Å². The second-order valence-electron chi connectivity index (χ2n) is 6.24. The SMILES string of the molecule is CCCC[Si](N(C)C)(N(CC)CC)C(C)(C)C. The van der Waals surface area contributed by atoms with E-state index in [-0.39, 0.29) is 0 Å². The average Bonchev–Trinajstić information content (AvgIpc) is 2.21. The Morgan fingerprint density at radius 1 is 0.941 bits per heavy atom. The molecule has 0 aliphatic rings. The summed E-state index contributed by atoms with van der Waals surface area (Å²) in [5.41, 5.74) is 0. The minimum absolute atomic E-state index is 0.400. The summed E-state index contributed by atoms with van der Waals surface area (Å²) in [6.07, 6.45) is 2.66. The van der Waals surface area contributed by atoms with Gasteiger partial charge in [0.2, 0.25) is 8.40 Å². The monoisotopic (exact) mass is 258 g/mol. The molecule has 0 amide bonds. The van der Waals surface area contributed by atoms with Crippen molar-refractivity contribution >= 4 is 8.40 Å². The van der Waals surface area contributed by atoms with Crippen LogP contribution in [0.3, 0.4) is 0 Å². The normalized spacial score (nSPS) is 16.6. The molecule has 0 saturated carbocycles. The predicted octanol–water partition coefficient (Wildman–Crippen LogP) is 3.93. The molecular weight excluding hydrogens is 224 g/mol. The molecule has 0 aromatic heterocycles. The maximum absolute atomic E-state index is 2.77. The van der Waals surface area contributed by atoms with E-state index in [4.69, 9.17) is 0 Å². The lowest BCUT2D eigenvalue weighted by atomic mass is 10.2. The lowest BCUT2D eigenvalue weighted by Crippen LogP contribution is -2.68. The van der Waals surface area contributed by atoms with Crippen LogP contribution in [0.5, 0.6) is 0 Å². The quantitative estimate of drug-likeness (QED) is 0.638. The first kappa shape index (κ1) is 17.1. The number of hydrogen-bond donors (Lipinski definition) is 0. The van der Waals surface area contributed by atoms with Gasteiger partial charge < -0.3 is 9.13 Å². The van der Waals surface area contributed by atoms with Crippen molar-refractivity contribution in [1.82, 2.24) is 9.13 Å². The number of hydrogen-bond acceptors (Lipinski definition) is 2. The third-order valence-electron chi connectivity index (χ3n) is 4.11. The molecule has 0 aromatic rings. The van der Waals surface area contributed by atoms with Crippen molar-refractivity contribution in [3.05, 3.63) is 0 Å². The molecular formula is C14H34N2Si. The van der Waals surface area contributed by atoms with E-state index in [0.29, 0.717) is 5.04 Å². The van der Waals surface area contributed by atoms with Gasteiger partial charge >= 0.3 is 0 Å². The summed E-state index contributed by atoms with van der Waals surface area (Å²) in [7, 11) is 3.04. The summed E-state index contributed by atoms with van der Waals surface area (Å²) in [5, 5.41) is 0.400. The van der Waals surface area contributed by atoms with Crippen LogP contribution in [0.2, 0.25) is 11.1 Å². The summed E-state index contributed by atoms with van der Waals surface area (Å²) in [5.74, 6) is 0. The van der Waals surface area contributed by atoms with E-state index in [9.17, 15) is 0 Å². The van der Waals surface area contributed by atoms with Gasteiger partial charge in [-0.25, -0.2) is 0 Å². The molecule has 104 valence electrons. The maximum Gasteiger partial charge on any atom is 0.211 e. The van der Waals surface area contributed by atoms with Gasteiger partial charge in [0.05, 0.1) is 0 Å². The number of unbranched alkanes of at least 4 members (excludes halogenated alkanes) is 1. The van der Waals surface area contributed by atoms with Gasteiger partial charge in [0.25, 0.3) is 0 Å². The maximum atomic E-state index is 2.77. The van der Waals surface area contributed by atoms with Gasteiger partial charge in [-0.15, -0.1) is 0 Å².